The summed E-state index contributed by atoms with van der Waals surface area (Å²) in [7, 11) is 0. The monoisotopic (exact) mass is 157 g/mol. The molecule has 1 rings (SSSR count). The van der Waals surface area contributed by atoms with E-state index < -0.39 is 0 Å². The van der Waals surface area contributed by atoms with Gasteiger partial charge in [-0.05, 0) is 19.8 Å². The predicted octanol–water partition coefficient (Wildman–Crippen LogP) is 1.29. The zero-order valence-corrected chi connectivity index (χ0v) is 7.51. The fourth-order valence-corrected chi connectivity index (χ4v) is 1.70. The average molecular weight is 157 g/mol. The van der Waals surface area contributed by atoms with Crippen LogP contribution < -0.4 is 5.32 Å². The fraction of sp³-hybridized carbons (Fsp3) is 1.00. The Morgan fingerprint density at radius 2 is 2.27 bits per heavy atom. The second-order valence-electron chi connectivity index (χ2n) is 3.60. The molecule has 0 aliphatic carbocycles. The normalized spacial score (nSPS) is 37.9. The first-order chi connectivity index (χ1) is 5.24. The molecule has 2 N–H and O–H groups in total. The molecule has 1 fully saturated rings. The van der Waals surface area contributed by atoms with Gasteiger partial charge in [-0.25, -0.2) is 0 Å². The molecular formula is C9H19NO. The zero-order valence-electron chi connectivity index (χ0n) is 7.51. The Balaban J connectivity index is 2.18. The minimum absolute atomic E-state index is 0.114. The fourth-order valence-electron chi connectivity index (χ4n) is 1.70. The predicted molar refractivity (Wildman–Crippen MR) is 46.5 cm³/mol. The molecule has 3 atom stereocenters. The lowest BCUT2D eigenvalue weighted by Crippen LogP contribution is -2.30. The lowest BCUT2D eigenvalue weighted by molar-refractivity contribution is 0.164. The molecule has 0 saturated carbocycles. The van der Waals surface area contributed by atoms with E-state index in [1.807, 2.05) is 0 Å². The molecular weight excluding hydrogens is 138 g/mol. The van der Waals surface area contributed by atoms with Crippen molar-refractivity contribution in [2.45, 2.75) is 57.7 Å². The second kappa shape index (κ2) is 4.07. The minimum Gasteiger partial charge on any atom is -0.391 e. The van der Waals surface area contributed by atoms with Gasteiger partial charge in [-0.15, -0.1) is 0 Å². The first-order valence-electron chi connectivity index (χ1n) is 4.68. The molecule has 66 valence electrons. The molecule has 1 heterocycles. The van der Waals surface area contributed by atoms with Gasteiger partial charge in [-0.1, -0.05) is 19.8 Å². The van der Waals surface area contributed by atoms with E-state index in [1.165, 1.54) is 19.3 Å². The lowest BCUT2D eigenvalue weighted by atomic mass is 10.1. The first-order valence-corrected chi connectivity index (χ1v) is 4.68. The maximum absolute atomic E-state index is 9.40. The number of aliphatic hydroxyl groups is 1. The van der Waals surface area contributed by atoms with Crippen molar-refractivity contribution in [1.29, 1.82) is 0 Å². The van der Waals surface area contributed by atoms with Crippen molar-refractivity contribution >= 4 is 0 Å². The molecule has 0 spiro atoms. The molecule has 0 aromatic rings. The van der Waals surface area contributed by atoms with Gasteiger partial charge in [0.25, 0.3) is 0 Å². The lowest BCUT2D eigenvalue weighted by Gasteiger charge is -2.09. The first kappa shape index (κ1) is 9.01. The van der Waals surface area contributed by atoms with Gasteiger partial charge in [-0.2, -0.15) is 0 Å². The van der Waals surface area contributed by atoms with E-state index in [-0.39, 0.29) is 6.10 Å². The van der Waals surface area contributed by atoms with Crippen LogP contribution in [0.5, 0.6) is 0 Å². The van der Waals surface area contributed by atoms with Crippen LogP contribution in [0, 0.1) is 0 Å². The molecule has 0 aromatic carbocycles. The Labute approximate surface area is 69.0 Å². The van der Waals surface area contributed by atoms with Crippen LogP contribution in [0.2, 0.25) is 0 Å². The smallest absolute Gasteiger partial charge is 0.0705 e. The second-order valence-corrected chi connectivity index (χ2v) is 3.60. The van der Waals surface area contributed by atoms with Gasteiger partial charge in [0.1, 0.15) is 0 Å². The third-order valence-corrected chi connectivity index (χ3v) is 2.51. The Kier molecular flexibility index (Phi) is 3.34. The molecule has 1 aliphatic heterocycles. The van der Waals surface area contributed by atoms with Crippen LogP contribution >= 0.6 is 0 Å². The standard InChI is InChI=1S/C9H19NO/c1-3-4-5-8-6-9(11)7(2)10-8/h7-11H,3-6H2,1-2H3/t7-,8-,9-/m1/s1. The summed E-state index contributed by atoms with van der Waals surface area (Å²) in [6.07, 6.45) is 4.58. The van der Waals surface area contributed by atoms with Crippen molar-refractivity contribution in [1.82, 2.24) is 5.32 Å². The van der Waals surface area contributed by atoms with Crippen LogP contribution in [-0.4, -0.2) is 23.3 Å². The zero-order chi connectivity index (χ0) is 8.27. The van der Waals surface area contributed by atoms with Crippen molar-refractivity contribution in [2.75, 3.05) is 0 Å². The van der Waals surface area contributed by atoms with Gasteiger partial charge < -0.3 is 10.4 Å². The number of nitrogens with one attached hydrogen (secondary N) is 1. The van der Waals surface area contributed by atoms with Crippen LogP contribution in [0.15, 0.2) is 0 Å². The number of hydrogen-bond acceptors (Lipinski definition) is 2. The molecule has 0 aromatic heterocycles. The maximum atomic E-state index is 9.40. The highest BCUT2D eigenvalue weighted by Crippen LogP contribution is 2.17. The van der Waals surface area contributed by atoms with Gasteiger partial charge in [-0.3, -0.25) is 0 Å². The van der Waals surface area contributed by atoms with E-state index in [0.717, 1.165) is 6.42 Å². The average Bonchev–Trinajstić information content (AvgIpc) is 2.28. The van der Waals surface area contributed by atoms with Crippen molar-refractivity contribution < 1.29 is 5.11 Å². The molecule has 1 saturated heterocycles. The van der Waals surface area contributed by atoms with Crippen LogP contribution in [0.4, 0.5) is 0 Å². The molecule has 2 heteroatoms. The van der Waals surface area contributed by atoms with E-state index in [0.29, 0.717) is 12.1 Å². The van der Waals surface area contributed by atoms with Crippen LogP contribution in [0.25, 0.3) is 0 Å². The molecule has 2 nitrogen and oxygen atoms in total. The summed E-state index contributed by atoms with van der Waals surface area (Å²) in [5.41, 5.74) is 0. The number of aliphatic hydroxyl groups excluding tert-OH is 1. The summed E-state index contributed by atoms with van der Waals surface area (Å²) in [5, 5.41) is 12.8. The SMILES string of the molecule is CCCC[C@@H]1C[C@@H](O)[C@@H](C)N1. The number of unbranched alkanes of at least 4 members (excludes halogenated alkanes) is 1. The highest BCUT2D eigenvalue weighted by Gasteiger charge is 2.27. The minimum atomic E-state index is -0.114. The topological polar surface area (TPSA) is 32.3 Å². The molecule has 0 radical (unpaired) electrons. The third kappa shape index (κ3) is 2.46. The van der Waals surface area contributed by atoms with Crippen molar-refractivity contribution in [3.63, 3.8) is 0 Å². The highest BCUT2D eigenvalue weighted by molar-refractivity contribution is 4.87. The number of rotatable bonds is 3. The Hall–Kier alpha value is -0.0800. The van der Waals surface area contributed by atoms with E-state index in [4.69, 9.17) is 0 Å². The Bertz CT molecular complexity index is 106. The summed E-state index contributed by atoms with van der Waals surface area (Å²) in [6.45, 7) is 4.26. The molecule has 0 bridgehead atoms. The Morgan fingerprint density at radius 3 is 2.73 bits per heavy atom. The van der Waals surface area contributed by atoms with Crippen molar-refractivity contribution in [2.24, 2.45) is 0 Å². The van der Waals surface area contributed by atoms with Crippen molar-refractivity contribution in [3.05, 3.63) is 0 Å². The van der Waals surface area contributed by atoms with Gasteiger partial charge in [0.15, 0.2) is 0 Å². The third-order valence-electron chi connectivity index (χ3n) is 2.51. The van der Waals surface area contributed by atoms with Gasteiger partial charge >= 0.3 is 0 Å². The van der Waals surface area contributed by atoms with Gasteiger partial charge in [0.2, 0.25) is 0 Å². The summed E-state index contributed by atoms with van der Waals surface area (Å²) in [5.74, 6) is 0. The summed E-state index contributed by atoms with van der Waals surface area (Å²) >= 11 is 0. The molecule has 1 aliphatic rings. The molecule has 0 amide bonds. The molecule has 11 heavy (non-hydrogen) atoms. The summed E-state index contributed by atoms with van der Waals surface area (Å²) in [4.78, 5) is 0. The van der Waals surface area contributed by atoms with Gasteiger partial charge in [0, 0.05) is 12.1 Å². The van der Waals surface area contributed by atoms with E-state index in [2.05, 4.69) is 19.2 Å². The summed E-state index contributed by atoms with van der Waals surface area (Å²) < 4.78 is 0. The quantitative estimate of drug-likeness (QED) is 0.647. The summed E-state index contributed by atoms with van der Waals surface area (Å²) in [6, 6.07) is 0.872. The van der Waals surface area contributed by atoms with Gasteiger partial charge in [0.05, 0.1) is 6.10 Å². The Morgan fingerprint density at radius 1 is 1.55 bits per heavy atom. The maximum Gasteiger partial charge on any atom is 0.0705 e. The molecule has 0 unspecified atom stereocenters. The van der Waals surface area contributed by atoms with Crippen molar-refractivity contribution in [3.8, 4) is 0 Å². The van der Waals surface area contributed by atoms with Crippen LogP contribution in [0.3, 0.4) is 0 Å². The van der Waals surface area contributed by atoms with Crippen LogP contribution in [0.1, 0.15) is 39.5 Å². The largest absolute Gasteiger partial charge is 0.391 e. The van der Waals surface area contributed by atoms with E-state index in [9.17, 15) is 5.11 Å². The van der Waals surface area contributed by atoms with E-state index in [1.54, 1.807) is 0 Å². The van der Waals surface area contributed by atoms with Crippen LogP contribution in [-0.2, 0) is 0 Å². The number of hydrogen-bond donors (Lipinski definition) is 2. The van der Waals surface area contributed by atoms with E-state index >= 15 is 0 Å². The highest BCUT2D eigenvalue weighted by atomic mass is 16.3.